The van der Waals surface area contributed by atoms with E-state index in [0.29, 0.717) is 0 Å². The molecule has 0 aliphatic carbocycles. The monoisotopic (exact) mass is 284 g/mol. The van der Waals surface area contributed by atoms with Gasteiger partial charge in [0.15, 0.2) is 0 Å². The Morgan fingerprint density at radius 1 is 1.05 bits per heavy atom. The molecule has 2 N–H and O–H groups in total. The fraction of sp³-hybridized carbons (Fsp3) is 0.412. The topological polar surface area (TPSA) is 49.8 Å². The van der Waals surface area contributed by atoms with Crippen molar-refractivity contribution in [3.8, 4) is 0 Å². The highest BCUT2D eigenvalue weighted by Gasteiger charge is 2.11. The van der Waals surface area contributed by atoms with Crippen molar-refractivity contribution in [2.45, 2.75) is 40.5 Å². The van der Waals surface area contributed by atoms with E-state index in [9.17, 15) is 0 Å². The number of anilines is 3. The van der Waals surface area contributed by atoms with Crippen LogP contribution in [-0.4, -0.2) is 17.0 Å². The number of hydrogen-bond donors (Lipinski definition) is 2. The maximum Gasteiger partial charge on any atom is 0.139 e. The molecule has 2 rings (SSSR count). The summed E-state index contributed by atoms with van der Waals surface area (Å²) in [6.45, 7) is 8.37. The first kappa shape index (κ1) is 15.3. The molecule has 0 amide bonds. The van der Waals surface area contributed by atoms with Crippen LogP contribution in [0, 0.1) is 20.8 Å². The minimum Gasteiger partial charge on any atom is -0.373 e. The van der Waals surface area contributed by atoms with E-state index in [1.165, 1.54) is 11.1 Å². The highest BCUT2D eigenvalue weighted by Crippen LogP contribution is 2.26. The van der Waals surface area contributed by atoms with E-state index >= 15 is 0 Å². The number of rotatable bonds is 5. The fourth-order valence-electron chi connectivity index (χ4n) is 2.26. The Kier molecular flexibility index (Phi) is 4.78. The van der Waals surface area contributed by atoms with E-state index in [4.69, 9.17) is 0 Å². The van der Waals surface area contributed by atoms with E-state index in [1.54, 1.807) is 0 Å². The van der Waals surface area contributed by atoms with Gasteiger partial charge in [-0.25, -0.2) is 9.97 Å². The Bertz CT molecular complexity index is 635. The minimum atomic E-state index is 0.875. The molecule has 0 unspecified atom stereocenters. The van der Waals surface area contributed by atoms with Gasteiger partial charge < -0.3 is 10.6 Å². The number of aromatic nitrogens is 2. The van der Waals surface area contributed by atoms with Crippen LogP contribution in [0.15, 0.2) is 18.2 Å². The molecule has 112 valence electrons. The minimum absolute atomic E-state index is 0.875. The molecule has 21 heavy (non-hydrogen) atoms. The Morgan fingerprint density at radius 2 is 1.76 bits per heavy atom. The molecule has 2 aromatic rings. The summed E-state index contributed by atoms with van der Waals surface area (Å²) in [5.41, 5.74) is 4.58. The average molecular weight is 284 g/mol. The Hall–Kier alpha value is -2.10. The number of hydrogen-bond acceptors (Lipinski definition) is 4. The van der Waals surface area contributed by atoms with Crippen LogP contribution in [0.2, 0.25) is 0 Å². The van der Waals surface area contributed by atoms with Gasteiger partial charge in [0, 0.05) is 24.7 Å². The van der Waals surface area contributed by atoms with Crippen LogP contribution in [0.5, 0.6) is 0 Å². The zero-order valence-corrected chi connectivity index (χ0v) is 13.5. The van der Waals surface area contributed by atoms with Gasteiger partial charge in [-0.15, -0.1) is 0 Å². The first-order valence-corrected chi connectivity index (χ1v) is 7.44. The first-order valence-electron chi connectivity index (χ1n) is 7.44. The van der Waals surface area contributed by atoms with Gasteiger partial charge in [-0.2, -0.15) is 0 Å². The summed E-state index contributed by atoms with van der Waals surface area (Å²) in [4.78, 5) is 9.24. The van der Waals surface area contributed by atoms with Crippen molar-refractivity contribution in [3.63, 3.8) is 0 Å². The van der Waals surface area contributed by atoms with Crippen molar-refractivity contribution in [1.29, 1.82) is 0 Å². The lowest BCUT2D eigenvalue weighted by atomic mass is 10.1. The van der Waals surface area contributed by atoms with Gasteiger partial charge in [0.25, 0.3) is 0 Å². The summed E-state index contributed by atoms with van der Waals surface area (Å²) in [6, 6.07) is 6.39. The lowest BCUT2D eigenvalue weighted by molar-refractivity contribution is 0.835. The standard InChI is InChI=1S/C17H24N4/c1-6-7-15-20-16(18-5)13(4)17(21-15)19-14-10-11(2)8-9-12(14)3/h8-10H,6-7H2,1-5H3,(H2,18,19,20,21). The summed E-state index contributed by atoms with van der Waals surface area (Å²) >= 11 is 0. The molecule has 4 heteroatoms. The van der Waals surface area contributed by atoms with E-state index in [0.717, 1.165) is 41.6 Å². The van der Waals surface area contributed by atoms with Crippen molar-refractivity contribution in [3.05, 3.63) is 40.7 Å². The van der Waals surface area contributed by atoms with Crippen LogP contribution < -0.4 is 10.6 Å². The van der Waals surface area contributed by atoms with E-state index in [1.807, 2.05) is 14.0 Å². The molecule has 0 atom stereocenters. The predicted molar refractivity (Wildman–Crippen MR) is 89.5 cm³/mol. The van der Waals surface area contributed by atoms with Crippen LogP contribution in [-0.2, 0) is 6.42 Å². The normalized spacial score (nSPS) is 10.5. The quantitative estimate of drug-likeness (QED) is 0.866. The summed E-state index contributed by atoms with van der Waals surface area (Å²) in [5.74, 6) is 2.65. The van der Waals surface area contributed by atoms with Gasteiger partial charge in [0.2, 0.25) is 0 Å². The maximum absolute atomic E-state index is 4.67. The molecule has 0 saturated carbocycles. The van der Waals surface area contributed by atoms with Gasteiger partial charge in [-0.05, 0) is 44.4 Å². The van der Waals surface area contributed by atoms with Gasteiger partial charge in [0.05, 0.1) is 0 Å². The molecule has 0 bridgehead atoms. The molecule has 1 aromatic heterocycles. The largest absolute Gasteiger partial charge is 0.373 e. The van der Waals surface area contributed by atoms with Gasteiger partial charge in [0.1, 0.15) is 17.5 Å². The lowest BCUT2D eigenvalue weighted by Crippen LogP contribution is -2.07. The zero-order valence-electron chi connectivity index (χ0n) is 13.5. The van der Waals surface area contributed by atoms with Crippen LogP contribution in [0.25, 0.3) is 0 Å². The van der Waals surface area contributed by atoms with Crippen molar-refractivity contribution >= 4 is 17.3 Å². The maximum atomic E-state index is 4.67. The fourth-order valence-corrected chi connectivity index (χ4v) is 2.26. The highest BCUT2D eigenvalue weighted by molar-refractivity contribution is 5.67. The molecule has 1 heterocycles. The van der Waals surface area contributed by atoms with Crippen LogP contribution in [0.3, 0.4) is 0 Å². The number of aryl methyl sites for hydroxylation is 3. The van der Waals surface area contributed by atoms with E-state index < -0.39 is 0 Å². The summed E-state index contributed by atoms with van der Waals surface area (Å²) in [7, 11) is 1.90. The van der Waals surface area contributed by atoms with Gasteiger partial charge in [-0.1, -0.05) is 19.1 Å². The third-order valence-corrected chi connectivity index (χ3v) is 3.55. The molecule has 1 aromatic carbocycles. The molecule has 0 fully saturated rings. The third-order valence-electron chi connectivity index (χ3n) is 3.55. The average Bonchev–Trinajstić information content (AvgIpc) is 2.46. The Labute approximate surface area is 127 Å². The Balaban J connectivity index is 2.42. The van der Waals surface area contributed by atoms with Crippen molar-refractivity contribution in [2.24, 2.45) is 0 Å². The first-order chi connectivity index (χ1) is 10.0. The summed E-state index contributed by atoms with van der Waals surface area (Å²) < 4.78 is 0. The van der Waals surface area contributed by atoms with Crippen molar-refractivity contribution < 1.29 is 0 Å². The molecule has 4 nitrogen and oxygen atoms in total. The molecule has 0 aliphatic rings. The Morgan fingerprint density at radius 3 is 2.43 bits per heavy atom. The molecule has 0 aliphatic heterocycles. The van der Waals surface area contributed by atoms with Crippen molar-refractivity contribution in [2.75, 3.05) is 17.7 Å². The highest BCUT2D eigenvalue weighted by atomic mass is 15.1. The second-order valence-electron chi connectivity index (χ2n) is 5.41. The third kappa shape index (κ3) is 3.51. The molecular weight excluding hydrogens is 260 g/mol. The summed E-state index contributed by atoms with van der Waals surface area (Å²) in [6.07, 6.45) is 1.92. The van der Waals surface area contributed by atoms with Gasteiger partial charge >= 0.3 is 0 Å². The second-order valence-corrected chi connectivity index (χ2v) is 5.41. The zero-order chi connectivity index (χ0) is 15.4. The molecular formula is C17H24N4. The predicted octanol–water partition coefficient (Wildman–Crippen LogP) is 4.14. The molecule has 0 saturated heterocycles. The summed E-state index contributed by atoms with van der Waals surface area (Å²) in [5, 5.41) is 6.62. The number of benzene rings is 1. The van der Waals surface area contributed by atoms with Crippen molar-refractivity contribution in [1.82, 2.24) is 9.97 Å². The number of nitrogens with zero attached hydrogens (tertiary/aromatic N) is 2. The second kappa shape index (κ2) is 6.57. The van der Waals surface area contributed by atoms with Crippen LogP contribution in [0.1, 0.15) is 35.9 Å². The van der Waals surface area contributed by atoms with Crippen LogP contribution in [0.4, 0.5) is 17.3 Å². The molecule has 0 radical (unpaired) electrons. The van der Waals surface area contributed by atoms with Crippen LogP contribution >= 0.6 is 0 Å². The molecule has 0 spiro atoms. The number of nitrogens with one attached hydrogen (secondary N) is 2. The lowest BCUT2D eigenvalue weighted by Gasteiger charge is -2.15. The van der Waals surface area contributed by atoms with E-state index in [-0.39, 0.29) is 0 Å². The SMILES string of the molecule is CCCc1nc(NC)c(C)c(Nc2cc(C)ccc2C)n1. The smallest absolute Gasteiger partial charge is 0.139 e. The van der Waals surface area contributed by atoms with Gasteiger partial charge in [-0.3, -0.25) is 0 Å². The van der Waals surface area contributed by atoms with E-state index in [2.05, 4.69) is 59.6 Å².